The molecule has 0 N–H and O–H groups in total. The normalized spacial score (nSPS) is 23.7. The number of carbonyl (C=O) groups is 3. The number of nitrogens with zero attached hydrogens (tertiary/aromatic N) is 3. The van der Waals surface area contributed by atoms with Gasteiger partial charge in [-0.2, -0.15) is 0 Å². The maximum atomic E-state index is 13.8. The number of hydrogen-bond acceptors (Lipinski definition) is 4. The smallest absolute Gasteiger partial charge is 0.246 e. The van der Waals surface area contributed by atoms with Crippen LogP contribution in [0.2, 0.25) is 0 Å². The maximum Gasteiger partial charge on any atom is 0.246 e. The van der Waals surface area contributed by atoms with E-state index in [1.807, 2.05) is 30.3 Å². The fraction of sp³-hybridized carbons (Fsp3) is 0.444. The van der Waals surface area contributed by atoms with E-state index < -0.39 is 6.04 Å². The number of hydrogen-bond donors (Lipinski definition) is 0. The van der Waals surface area contributed by atoms with Gasteiger partial charge in [-0.25, -0.2) is 4.39 Å². The second-order valence-corrected chi connectivity index (χ2v) is 9.54. The highest BCUT2D eigenvalue weighted by molar-refractivity contribution is 6.08. The Morgan fingerprint density at radius 3 is 2.03 bits per heavy atom. The van der Waals surface area contributed by atoms with Crippen molar-refractivity contribution in [3.8, 4) is 0 Å². The van der Waals surface area contributed by atoms with Gasteiger partial charge in [-0.1, -0.05) is 43.2 Å². The molecule has 2 aromatic carbocycles. The Bertz CT molecular complexity index is 1030. The molecule has 2 aromatic rings. The lowest BCUT2D eigenvalue weighted by Gasteiger charge is -2.39. The number of likely N-dealkylation sites (tertiary alicyclic amines) is 1. The van der Waals surface area contributed by atoms with Crippen LogP contribution in [0, 0.1) is 17.7 Å². The van der Waals surface area contributed by atoms with Crippen molar-refractivity contribution in [2.75, 3.05) is 31.1 Å². The van der Waals surface area contributed by atoms with Crippen molar-refractivity contribution in [2.24, 2.45) is 11.8 Å². The van der Waals surface area contributed by atoms with E-state index in [0.29, 0.717) is 32.6 Å². The van der Waals surface area contributed by atoms with Gasteiger partial charge in [-0.3, -0.25) is 19.3 Å². The molecule has 3 aliphatic rings. The second-order valence-electron chi connectivity index (χ2n) is 9.54. The molecule has 2 aliphatic heterocycles. The number of piperazine rings is 1. The van der Waals surface area contributed by atoms with Gasteiger partial charge in [0.2, 0.25) is 17.7 Å². The molecule has 0 unspecified atom stereocenters. The molecule has 3 amide bonds. The van der Waals surface area contributed by atoms with Crippen molar-refractivity contribution in [1.29, 1.82) is 0 Å². The minimum atomic E-state index is -0.814. The van der Waals surface area contributed by atoms with Crippen molar-refractivity contribution in [2.45, 2.75) is 38.1 Å². The quantitative estimate of drug-likeness (QED) is 0.639. The summed E-state index contributed by atoms with van der Waals surface area (Å²) in [4.78, 5) is 45.6. The molecule has 1 aliphatic carbocycles. The number of imide groups is 1. The molecule has 3 atom stereocenters. The van der Waals surface area contributed by atoms with Gasteiger partial charge in [0.05, 0.1) is 11.8 Å². The van der Waals surface area contributed by atoms with Crippen LogP contribution in [0.15, 0.2) is 54.6 Å². The first-order valence-corrected chi connectivity index (χ1v) is 12.2. The number of benzene rings is 2. The fourth-order valence-corrected chi connectivity index (χ4v) is 5.67. The van der Waals surface area contributed by atoms with E-state index in [-0.39, 0.29) is 35.4 Å². The first-order chi connectivity index (χ1) is 16.5. The van der Waals surface area contributed by atoms with E-state index in [1.54, 1.807) is 17.0 Å². The summed E-state index contributed by atoms with van der Waals surface area (Å²) in [5, 5.41) is 0. The molecule has 1 saturated carbocycles. The van der Waals surface area contributed by atoms with E-state index in [0.717, 1.165) is 36.9 Å². The molecule has 0 spiro atoms. The monoisotopic (exact) mass is 463 g/mol. The Morgan fingerprint density at radius 1 is 0.853 bits per heavy atom. The zero-order chi connectivity index (χ0) is 23.7. The molecular formula is C27H30FN3O3. The van der Waals surface area contributed by atoms with Crippen LogP contribution >= 0.6 is 0 Å². The summed E-state index contributed by atoms with van der Waals surface area (Å²) in [5.74, 6) is -1.34. The Labute approximate surface area is 199 Å². The Balaban J connectivity index is 1.35. The molecule has 2 heterocycles. The van der Waals surface area contributed by atoms with Crippen molar-refractivity contribution in [3.05, 3.63) is 66.0 Å². The van der Waals surface area contributed by atoms with Gasteiger partial charge in [-0.15, -0.1) is 0 Å². The Hall–Kier alpha value is -3.22. The third-order valence-corrected chi connectivity index (χ3v) is 7.53. The van der Waals surface area contributed by atoms with E-state index in [9.17, 15) is 18.8 Å². The van der Waals surface area contributed by atoms with E-state index in [1.165, 1.54) is 17.0 Å². The van der Waals surface area contributed by atoms with Crippen LogP contribution in [0.3, 0.4) is 0 Å². The third-order valence-electron chi connectivity index (χ3n) is 7.53. The predicted molar refractivity (Wildman–Crippen MR) is 126 cm³/mol. The van der Waals surface area contributed by atoms with Crippen LogP contribution in [0.1, 0.15) is 31.2 Å². The van der Waals surface area contributed by atoms with Crippen LogP contribution in [-0.2, 0) is 20.8 Å². The summed E-state index contributed by atoms with van der Waals surface area (Å²) in [6.07, 6.45) is 3.70. The van der Waals surface area contributed by atoms with Crippen LogP contribution in [0.25, 0.3) is 0 Å². The molecule has 0 aromatic heterocycles. The summed E-state index contributed by atoms with van der Waals surface area (Å²) in [5.41, 5.74) is 1.85. The molecule has 6 nitrogen and oxygen atoms in total. The second kappa shape index (κ2) is 9.57. The van der Waals surface area contributed by atoms with Gasteiger partial charge >= 0.3 is 0 Å². The first-order valence-electron chi connectivity index (χ1n) is 12.2. The minimum Gasteiger partial charge on any atom is -0.368 e. The van der Waals surface area contributed by atoms with E-state index >= 15 is 0 Å². The molecule has 3 fully saturated rings. The number of halogens is 1. The Morgan fingerprint density at radius 2 is 1.44 bits per heavy atom. The lowest BCUT2D eigenvalue weighted by atomic mass is 9.81. The molecule has 0 bridgehead atoms. The molecule has 5 rings (SSSR count). The average Bonchev–Trinajstić information content (AvgIpc) is 3.13. The summed E-state index contributed by atoms with van der Waals surface area (Å²) in [6, 6.07) is 15.1. The van der Waals surface area contributed by atoms with E-state index in [4.69, 9.17) is 0 Å². The fourth-order valence-electron chi connectivity index (χ4n) is 5.67. The third kappa shape index (κ3) is 4.31. The van der Waals surface area contributed by atoms with Crippen LogP contribution in [0.4, 0.5) is 10.1 Å². The number of fused-ring (bicyclic) bond motifs is 1. The number of amides is 3. The largest absolute Gasteiger partial charge is 0.368 e. The summed E-state index contributed by atoms with van der Waals surface area (Å²) >= 11 is 0. The lowest BCUT2D eigenvalue weighted by molar-refractivity contribution is -0.151. The van der Waals surface area contributed by atoms with Gasteiger partial charge in [0.1, 0.15) is 11.9 Å². The summed E-state index contributed by atoms with van der Waals surface area (Å²) in [6.45, 7) is 2.21. The number of carbonyl (C=O) groups excluding carboxylic acids is 3. The molecule has 34 heavy (non-hydrogen) atoms. The van der Waals surface area contributed by atoms with Crippen LogP contribution < -0.4 is 4.90 Å². The molecule has 178 valence electrons. The highest BCUT2D eigenvalue weighted by Crippen LogP contribution is 2.39. The highest BCUT2D eigenvalue weighted by Gasteiger charge is 2.52. The number of anilines is 1. The Kier molecular flexibility index (Phi) is 6.35. The van der Waals surface area contributed by atoms with Gasteiger partial charge in [0.25, 0.3) is 0 Å². The first kappa shape index (κ1) is 22.6. The van der Waals surface area contributed by atoms with Gasteiger partial charge in [0, 0.05) is 38.3 Å². The van der Waals surface area contributed by atoms with Crippen LogP contribution in [0.5, 0.6) is 0 Å². The minimum absolute atomic E-state index is 0.164. The predicted octanol–water partition coefficient (Wildman–Crippen LogP) is 3.26. The zero-order valence-electron chi connectivity index (χ0n) is 19.2. The highest BCUT2D eigenvalue weighted by atomic mass is 19.1. The average molecular weight is 464 g/mol. The molecular weight excluding hydrogens is 433 g/mol. The van der Waals surface area contributed by atoms with Gasteiger partial charge in [0.15, 0.2) is 0 Å². The van der Waals surface area contributed by atoms with Gasteiger partial charge < -0.3 is 9.80 Å². The van der Waals surface area contributed by atoms with Crippen molar-refractivity contribution in [1.82, 2.24) is 9.80 Å². The lowest BCUT2D eigenvalue weighted by Crippen LogP contribution is -2.57. The topological polar surface area (TPSA) is 60.9 Å². The van der Waals surface area contributed by atoms with E-state index in [2.05, 4.69) is 4.90 Å². The standard InChI is InChI=1S/C27H30FN3O3/c28-20-10-12-21(13-11-20)29-14-16-30(17-15-29)27(34)24(18-19-6-2-1-3-7-19)31-25(32)22-8-4-5-9-23(22)26(31)33/h1-3,6-7,10-13,22-24H,4-5,8-9,14-18H2/t22-,23-,24+/m1/s1. The summed E-state index contributed by atoms with van der Waals surface area (Å²) in [7, 11) is 0. The van der Waals surface area contributed by atoms with Crippen LogP contribution in [-0.4, -0.2) is 59.7 Å². The van der Waals surface area contributed by atoms with Crippen molar-refractivity contribution >= 4 is 23.4 Å². The molecule has 0 radical (unpaired) electrons. The molecule has 7 heteroatoms. The summed E-state index contributed by atoms with van der Waals surface area (Å²) < 4.78 is 13.3. The van der Waals surface area contributed by atoms with Gasteiger partial charge in [-0.05, 0) is 42.7 Å². The van der Waals surface area contributed by atoms with Crippen molar-refractivity contribution in [3.63, 3.8) is 0 Å². The molecule has 2 saturated heterocycles. The zero-order valence-corrected chi connectivity index (χ0v) is 19.2. The number of rotatable bonds is 5. The SMILES string of the molecule is O=C([C@H](Cc1ccccc1)N1C(=O)[C@@H]2CCCC[C@H]2C1=O)N1CCN(c2ccc(F)cc2)CC1. The van der Waals surface area contributed by atoms with Crippen molar-refractivity contribution < 1.29 is 18.8 Å². The maximum absolute atomic E-state index is 13.8.